The molecule has 3 N–H and O–H groups in total. The lowest BCUT2D eigenvalue weighted by Crippen LogP contribution is -2.05. The van der Waals surface area contributed by atoms with E-state index in [0.29, 0.717) is 23.1 Å². The zero-order valence-corrected chi connectivity index (χ0v) is 10.7. The van der Waals surface area contributed by atoms with Crippen LogP contribution in [-0.4, -0.2) is 19.7 Å². The molecule has 96 valence electrons. The smallest absolute Gasteiger partial charge is 0.300 e. The number of nitrogens with two attached hydrogens (primary N) is 1. The lowest BCUT2D eigenvalue weighted by molar-refractivity contribution is -0.386. The van der Waals surface area contributed by atoms with E-state index in [1.165, 1.54) is 11.3 Å². The molecular weight excluding hydrogens is 256 g/mol. The SMILES string of the molecule is Cc1nn(Cc2cnc(NN)s2)c(C)c1[N+](=O)[O-]. The minimum absolute atomic E-state index is 0.0664. The van der Waals surface area contributed by atoms with E-state index in [2.05, 4.69) is 15.5 Å². The van der Waals surface area contributed by atoms with Gasteiger partial charge in [-0.2, -0.15) is 5.10 Å². The van der Waals surface area contributed by atoms with Crippen molar-refractivity contribution in [2.24, 2.45) is 5.84 Å². The number of rotatable bonds is 4. The van der Waals surface area contributed by atoms with Crippen LogP contribution in [0.5, 0.6) is 0 Å². The number of hydrogen-bond donors (Lipinski definition) is 2. The van der Waals surface area contributed by atoms with E-state index in [-0.39, 0.29) is 5.69 Å². The van der Waals surface area contributed by atoms with Crippen LogP contribution in [0.3, 0.4) is 0 Å². The second kappa shape index (κ2) is 4.70. The molecule has 9 heteroatoms. The summed E-state index contributed by atoms with van der Waals surface area (Å²) in [5.74, 6) is 5.24. The number of thiazole rings is 1. The van der Waals surface area contributed by atoms with Crippen molar-refractivity contribution in [1.29, 1.82) is 0 Å². The second-order valence-electron chi connectivity index (χ2n) is 3.71. The molecular formula is C9H12N6O2S. The topological polar surface area (TPSA) is 112 Å². The molecule has 0 saturated carbocycles. The summed E-state index contributed by atoms with van der Waals surface area (Å²) < 4.78 is 1.60. The number of anilines is 1. The quantitative estimate of drug-likeness (QED) is 0.489. The van der Waals surface area contributed by atoms with Crippen LogP contribution < -0.4 is 11.3 Å². The maximum Gasteiger partial charge on any atom is 0.312 e. The summed E-state index contributed by atoms with van der Waals surface area (Å²) in [6, 6.07) is 0. The van der Waals surface area contributed by atoms with Crippen molar-refractivity contribution in [1.82, 2.24) is 14.8 Å². The Hall–Kier alpha value is -2.00. The normalized spacial score (nSPS) is 10.6. The Balaban J connectivity index is 2.29. The van der Waals surface area contributed by atoms with Crippen molar-refractivity contribution in [3.63, 3.8) is 0 Å². The van der Waals surface area contributed by atoms with Crippen LogP contribution in [-0.2, 0) is 6.54 Å². The van der Waals surface area contributed by atoms with E-state index in [1.54, 1.807) is 24.7 Å². The predicted molar refractivity (Wildman–Crippen MR) is 67.4 cm³/mol. The van der Waals surface area contributed by atoms with Crippen molar-refractivity contribution in [3.8, 4) is 0 Å². The Kier molecular flexibility index (Phi) is 3.26. The highest BCUT2D eigenvalue weighted by atomic mass is 32.1. The standard InChI is InChI=1S/C9H12N6O2S/c1-5-8(15(16)17)6(2)14(13-5)4-7-3-11-9(12-10)18-7/h3H,4,10H2,1-2H3,(H,11,12). The van der Waals surface area contributed by atoms with Gasteiger partial charge in [0.1, 0.15) is 11.4 Å². The van der Waals surface area contributed by atoms with Crippen molar-refractivity contribution < 1.29 is 4.92 Å². The summed E-state index contributed by atoms with van der Waals surface area (Å²) in [6.45, 7) is 3.75. The molecule has 2 rings (SSSR count). The van der Waals surface area contributed by atoms with Gasteiger partial charge in [0.25, 0.3) is 0 Å². The number of aryl methyl sites for hydroxylation is 1. The molecule has 0 aliphatic rings. The average Bonchev–Trinajstić information content (AvgIpc) is 2.85. The number of nitrogen functional groups attached to an aromatic ring is 1. The predicted octanol–water partition coefficient (Wildman–Crippen LogP) is 1.20. The molecule has 0 spiro atoms. The van der Waals surface area contributed by atoms with Gasteiger partial charge in [0.05, 0.1) is 11.5 Å². The second-order valence-corrected chi connectivity index (χ2v) is 4.83. The first-order valence-corrected chi connectivity index (χ1v) is 5.94. The zero-order chi connectivity index (χ0) is 13.3. The van der Waals surface area contributed by atoms with Crippen LogP contribution in [0.1, 0.15) is 16.3 Å². The van der Waals surface area contributed by atoms with Crippen molar-refractivity contribution in [3.05, 3.63) is 32.6 Å². The van der Waals surface area contributed by atoms with Crippen molar-refractivity contribution in [2.45, 2.75) is 20.4 Å². The summed E-state index contributed by atoms with van der Waals surface area (Å²) in [5.41, 5.74) is 3.47. The fraction of sp³-hybridized carbons (Fsp3) is 0.333. The average molecular weight is 268 g/mol. The van der Waals surface area contributed by atoms with Crippen molar-refractivity contribution >= 4 is 22.2 Å². The maximum atomic E-state index is 10.9. The fourth-order valence-corrected chi connectivity index (χ4v) is 2.41. The summed E-state index contributed by atoms with van der Waals surface area (Å²) in [5, 5.41) is 15.6. The Bertz CT molecular complexity index is 590. The highest BCUT2D eigenvalue weighted by Gasteiger charge is 2.21. The summed E-state index contributed by atoms with van der Waals surface area (Å²) in [4.78, 5) is 15.4. The molecule has 18 heavy (non-hydrogen) atoms. The van der Waals surface area contributed by atoms with Gasteiger partial charge in [-0.05, 0) is 13.8 Å². The lowest BCUT2D eigenvalue weighted by atomic mass is 10.3. The number of hydrazine groups is 1. The molecule has 0 saturated heterocycles. The number of nitrogens with one attached hydrogen (secondary N) is 1. The maximum absolute atomic E-state index is 10.9. The van der Waals surface area contributed by atoms with Gasteiger partial charge < -0.3 is 0 Å². The van der Waals surface area contributed by atoms with E-state index in [4.69, 9.17) is 5.84 Å². The molecule has 0 aliphatic carbocycles. The first-order valence-electron chi connectivity index (χ1n) is 5.12. The minimum Gasteiger partial charge on any atom is -0.300 e. The highest BCUT2D eigenvalue weighted by molar-refractivity contribution is 7.15. The Labute approximate surface area is 107 Å². The minimum atomic E-state index is -0.409. The molecule has 0 radical (unpaired) electrons. The van der Waals surface area contributed by atoms with Crippen LogP contribution in [0.2, 0.25) is 0 Å². The number of nitrogens with zero attached hydrogens (tertiary/aromatic N) is 4. The molecule has 0 fully saturated rings. The molecule has 0 amide bonds. The van der Waals surface area contributed by atoms with Gasteiger partial charge in [-0.3, -0.25) is 20.2 Å². The summed E-state index contributed by atoms with van der Waals surface area (Å²) in [6.07, 6.45) is 1.67. The Morgan fingerprint density at radius 1 is 1.61 bits per heavy atom. The summed E-state index contributed by atoms with van der Waals surface area (Å²) in [7, 11) is 0. The number of nitro groups is 1. The third-order valence-electron chi connectivity index (χ3n) is 2.51. The van der Waals surface area contributed by atoms with E-state index < -0.39 is 4.92 Å². The van der Waals surface area contributed by atoms with Gasteiger partial charge in [0.15, 0.2) is 5.13 Å². The molecule has 2 aromatic heterocycles. The molecule has 8 nitrogen and oxygen atoms in total. The fourth-order valence-electron chi connectivity index (χ4n) is 1.70. The lowest BCUT2D eigenvalue weighted by Gasteiger charge is -1.99. The summed E-state index contributed by atoms with van der Waals surface area (Å²) >= 11 is 1.38. The Morgan fingerprint density at radius 3 is 2.83 bits per heavy atom. The Morgan fingerprint density at radius 2 is 2.33 bits per heavy atom. The van der Waals surface area contributed by atoms with E-state index in [0.717, 1.165) is 4.88 Å². The van der Waals surface area contributed by atoms with Crippen molar-refractivity contribution in [2.75, 3.05) is 5.43 Å². The monoisotopic (exact) mass is 268 g/mol. The first kappa shape index (κ1) is 12.5. The van der Waals surface area contributed by atoms with E-state index in [9.17, 15) is 10.1 Å². The van der Waals surface area contributed by atoms with Gasteiger partial charge in [-0.1, -0.05) is 11.3 Å². The number of aromatic nitrogens is 3. The molecule has 0 bridgehead atoms. The molecule has 0 atom stereocenters. The largest absolute Gasteiger partial charge is 0.312 e. The molecule has 0 aliphatic heterocycles. The van der Waals surface area contributed by atoms with Gasteiger partial charge >= 0.3 is 5.69 Å². The van der Waals surface area contributed by atoms with Crippen LogP contribution in [0.15, 0.2) is 6.20 Å². The third kappa shape index (κ3) is 2.17. The van der Waals surface area contributed by atoms with Crippen LogP contribution in [0, 0.1) is 24.0 Å². The van der Waals surface area contributed by atoms with Gasteiger partial charge in [0, 0.05) is 11.1 Å². The van der Waals surface area contributed by atoms with Gasteiger partial charge in [-0.25, -0.2) is 10.8 Å². The first-order chi connectivity index (χ1) is 8.52. The van der Waals surface area contributed by atoms with E-state index >= 15 is 0 Å². The third-order valence-corrected chi connectivity index (χ3v) is 3.42. The zero-order valence-electron chi connectivity index (χ0n) is 9.88. The van der Waals surface area contributed by atoms with Gasteiger partial charge in [-0.15, -0.1) is 0 Å². The van der Waals surface area contributed by atoms with Gasteiger partial charge in [0.2, 0.25) is 0 Å². The van der Waals surface area contributed by atoms with Crippen LogP contribution in [0.25, 0.3) is 0 Å². The molecule has 0 unspecified atom stereocenters. The van der Waals surface area contributed by atoms with Crippen LogP contribution >= 0.6 is 11.3 Å². The molecule has 2 aromatic rings. The van der Waals surface area contributed by atoms with E-state index in [1.807, 2.05) is 0 Å². The number of hydrogen-bond acceptors (Lipinski definition) is 7. The molecule has 2 heterocycles. The molecule has 0 aromatic carbocycles. The van der Waals surface area contributed by atoms with Crippen LogP contribution in [0.4, 0.5) is 10.8 Å². The highest BCUT2D eigenvalue weighted by Crippen LogP contribution is 2.24.